The topological polar surface area (TPSA) is 52.9 Å². The van der Waals surface area contributed by atoms with Gasteiger partial charge >= 0.3 is 0 Å². The van der Waals surface area contributed by atoms with Crippen LogP contribution >= 0.6 is 28.6 Å². The second-order valence-electron chi connectivity index (χ2n) is 3.81. The van der Waals surface area contributed by atoms with Gasteiger partial charge in [0.1, 0.15) is 0 Å². The van der Waals surface area contributed by atoms with Gasteiger partial charge in [-0.15, -0.1) is 12.6 Å². The third-order valence-electron chi connectivity index (χ3n) is 2.47. The number of amides is 1. The molecule has 0 heterocycles. The van der Waals surface area contributed by atoms with Gasteiger partial charge in [-0.2, -0.15) is 5.26 Å². The lowest BCUT2D eigenvalue weighted by Gasteiger charge is -2.07. The van der Waals surface area contributed by atoms with Gasteiger partial charge in [-0.3, -0.25) is 4.79 Å². The molecule has 0 atom stereocenters. The number of nitrogens with one attached hydrogen (secondary N) is 1. The molecule has 2 aromatic carbocycles. The molecular weight excluding hydrogens is 324 g/mol. The predicted molar refractivity (Wildman–Crippen MR) is 80.5 cm³/mol. The van der Waals surface area contributed by atoms with Crippen molar-refractivity contribution < 1.29 is 4.79 Å². The number of benzene rings is 2. The van der Waals surface area contributed by atoms with Crippen LogP contribution in [0.3, 0.4) is 0 Å². The number of thiol groups is 1. The summed E-state index contributed by atoms with van der Waals surface area (Å²) in [5.41, 5.74) is 1.70. The number of hydrogen-bond donors (Lipinski definition) is 2. The van der Waals surface area contributed by atoms with E-state index < -0.39 is 0 Å². The molecule has 1 amide bonds. The molecule has 0 aromatic heterocycles. The zero-order chi connectivity index (χ0) is 13.8. The number of hydrogen-bond acceptors (Lipinski definition) is 3. The highest BCUT2D eigenvalue weighted by Crippen LogP contribution is 2.21. The van der Waals surface area contributed by atoms with E-state index in [4.69, 9.17) is 5.26 Å². The molecular formula is C14H9BrN2OS. The predicted octanol–water partition coefficient (Wildman–Crippen LogP) is 3.86. The van der Waals surface area contributed by atoms with E-state index in [1.165, 1.54) is 0 Å². The fraction of sp³-hybridized carbons (Fsp3) is 0. The lowest BCUT2D eigenvalue weighted by atomic mass is 10.2. The number of carbonyl (C=O) groups excluding carboxylic acids is 1. The van der Waals surface area contributed by atoms with Crippen molar-refractivity contribution >= 4 is 40.2 Å². The smallest absolute Gasteiger partial charge is 0.256 e. The van der Waals surface area contributed by atoms with Crippen molar-refractivity contribution in [2.45, 2.75) is 4.90 Å². The first-order chi connectivity index (χ1) is 9.10. The summed E-state index contributed by atoms with van der Waals surface area (Å²) in [4.78, 5) is 12.8. The Kier molecular flexibility index (Phi) is 4.25. The molecule has 0 spiro atoms. The molecule has 1 N–H and O–H groups in total. The van der Waals surface area contributed by atoms with Crippen LogP contribution in [0.4, 0.5) is 5.69 Å². The minimum atomic E-state index is -0.229. The fourth-order valence-electron chi connectivity index (χ4n) is 1.51. The molecule has 0 aliphatic carbocycles. The number of nitriles is 1. The Hall–Kier alpha value is -1.77. The van der Waals surface area contributed by atoms with Gasteiger partial charge in [0.2, 0.25) is 0 Å². The van der Waals surface area contributed by atoms with Gasteiger partial charge in [0, 0.05) is 15.1 Å². The maximum absolute atomic E-state index is 12.1. The maximum Gasteiger partial charge on any atom is 0.256 e. The summed E-state index contributed by atoms with van der Waals surface area (Å²) < 4.78 is 0.705. The average molecular weight is 333 g/mol. The first-order valence-corrected chi connectivity index (χ1v) is 6.64. The Balaban J connectivity index is 2.21. The Morgan fingerprint density at radius 1 is 1.21 bits per heavy atom. The summed E-state index contributed by atoms with van der Waals surface area (Å²) in [6.45, 7) is 0. The van der Waals surface area contributed by atoms with Crippen LogP contribution in [0, 0.1) is 11.3 Å². The summed E-state index contributed by atoms with van der Waals surface area (Å²) in [6.07, 6.45) is 0. The Morgan fingerprint density at radius 2 is 1.89 bits per heavy atom. The van der Waals surface area contributed by atoms with Gasteiger partial charge in [-0.1, -0.05) is 0 Å². The van der Waals surface area contributed by atoms with Gasteiger partial charge < -0.3 is 5.32 Å². The van der Waals surface area contributed by atoms with E-state index in [-0.39, 0.29) is 5.91 Å². The van der Waals surface area contributed by atoms with Crippen LogP contribution in [0.15, 0.2) is 51.8 Å². The first kappa shape index (κ1) is 13.7. The van der Waals surface area contributed by atoms with E-state index in [1.54, 1.807) is 42.5 Å². The van der Waals surface area contributed by atoms with E-state index in [0.29, 0.717) is 26.2 Å². The Labute approximate surface area is 124 Å². The molecule has 0 saturated heterocycles. The molecule has 0 unspecified atom stereocenters. The minimum Gasteiger partial charge on any atom is -0.322 e. The molecule has 2 aromatic rings. The zero-order valence-electron chi connectivity index (χ0n) is 9.72. The average Bonchev–Trinajstić information content (AvgIpc) is 2.42. The molecule has 2 rings (SSSR count). The molecule has 19 heavy (non-hydrogen) atoms. The summed E-state index contributed by atoms with van der Waals surface area (Å²) >= 11 is 7.54. The first-order valence-electron chi connectivity index (χ1n) is 5.40. The number of anilines is 1. The molecule has 5 heteroatoms. The lowest BCUT2D eigenvalue weighted by Crippen LogP contribution is -2.12. The van der Waals surface area contributed by atoms with Crippen LogP contribution in [-0.2, 0) is 0 Å². The van der Waals surface area contributed by atoms with Gasteiger partial charge in [0.15, 0.2) is 0 Å². The summed E-state index contributed by atoms with van der Waals surface area (Å²) in [7, 11) is 0. The van der Waals surface area contributed by atoms with Crippen LogP contribution in [0.5, 0.6) is 0 Å². The summed E-state index contributed by atoms with van der Waals surface area (Å²) in [6, 6.07) is 14.0. The van der Waals surface area contributed by atoms with Crippen LogP contribution in [0.2, 0.25) is 0 Å². The Morgan fingerprint density at radius 3 is 2.53 bits per heavy atom. The number of carbonyl (C=O) groups is 1. The van der Waals surface area contributed by atoms with Gasteiger partial charge in [-0.05, 0) is 58.4 Å². The molecule has 0 fully saturated rings. The monoisotopic (exact) mass is 332 g/mol. The second-order valence-corrected chi connectivity index (χ2v) is 5.18. The summed E-state index contributed by atoms with van der Waals surface area (Å²) in [5.74, 6) is -0.229. The van der Waals surface area contributed by atoms with Crippen molar-refractivity contribution in [2.75, 3.05) is 5.32 Å². The van der Waals surface area contributed by atoms with E-state index >= 15 is 0 Å². The largest absolute Gasteiger partial charge is 0.322 e. The minimum absolute atomic E-state index is 0.229. The summed E-state index contributed by atoms with van der Waals surface area (Å²) in [5, 5.41) is 11.5. The number of halogens is 1. The highest BCUT2D eigenvalue weighted by molar-refractivity contribution is 9.10. The molecule has 0 saturated carbocycles. The van der Waals surface area contributed by atoms with E-state index in [1.807, 2.05) is 6.07 Å². The highest BCUT2D eigenvalue weighted by atomic mass is 79.9. The molecule has 0 bridgehead atoms. The zero-order valence-corrected chi connectivity index (χ0v) is 12.2. The standard InChI is InChI=1S/C14H9BrN2OS/c15-13-6-5-11(19)7-12(13)14(18)17-10-3-1-9(8-16)2-4-10/h1-7,19H,(H,17,18). The van der Waals surface area contributed by atoms with Crippen molar-refractivity contribution in [2.24, 2.45) is 0 Å². The van der Waals surface area contributed by atoms with Crippen molar-refractivity contribution in [3.05, 3.63) is 58.1 Å². The van der Waals surface area contributed by atoms with Crippen molar-refractivity contribution in [1.29, 1.82) is 5.26 Å². The molecule has 3 nitrogen and oxygen atoms in total. The Bertz CT molecular complexity index is 662. The molecule has 0 radical (unpaired) electrons. The van der Waals surface area contributed by atoms with Crippen LogP contribution < -0.4 is 5.32 Å². The van der Waals surface area contributed by atoms with E-state index in [9.17, 15) is 4.79 Å². The highest BCUT2D eigenvalue weighted by Gasteiger charge is 2.10. The number of nitrogens with zero attached hydrogens (tertiary/aromatic N) is 1. The maximum atomic E-state index is 12.1. The van der Waals surface area contributed by atoms with Gasteiger partial charge in [0.05, 0.1) is 17.2 Å². The molecule has 0 aliphatic heterocycles. The molecule has 0 aliphatic rings. The van der Waals surface area contributed by atoms with Crippen molar-refractivity contribution in [3.8, 4) is 6.07 Å². The lowest BCUT2D eigenvalue weighted by molar-refractivity contribution is 0.102. The third-order valence-corrected chi connectivity index (χ3v) is 3.44. The van der Waals surface area contributed by atoms with Crippen LogP contribution in [0.25, 0.3) is 0 Å². The van der Waals surface area contributed by atoms with Crippen molar-refractivity contribution in [3.63, 3.8) is 0 Å². The van der Waals surface area contributed by atoms with Gasteiger partial charge in [0.25, 0.3) is 5.91 Å². The van der Waals surface area contributed by atoms with Crippen LogP contribution in [-0.4, -0.2) is 5.91 Å². The number of rotatable bonds is 2. The van der Waals surface area contributed by atoms with Gasteiger partial charge in [-0.25, -0.2) is 0 Å². The van der Waals surface area contributed by atoms with Crippen molar-refractivity contribution in [1.82, 2.24) is 0 Å². The quantitative estimate of drug-likeness (QED) is 0.820. The van der Waals surface area contributed by atoms with E-state index in [2.05, 4.69) is 33.9 Å². The second kappa shape index (κ2) is 5.91. The fourth-order valence-corrected chi connectivity index (χ4v) is 2.14. The normalized spacial score (nSPS) is 9.74. The third kappa shape index (κ3) is 3.37. The molecule has 94 valence electrons. The SMILES string of the molecule is N#Cc1ccc(NC(=O)c2cc(S)ccc2Br)cc1. The van der Waals surface area contributed by atoms with E-state index in [0.717, 1.165) is 0 Å². The van der Waals surface area contributed by atoms with Crippen LogP contribution in [0.1, 0.15) is 15.9 Å².